The monoisotopic (exact) mass is 291 g/mol. The van der Waals surface area contributed by atoms with Crippen LogP contribution in [0.5, 0.6) is 0 Å². The van der Waals surface area contributed by atoms with Crippen molar-refractivity contribution in [1.82, 2.24) is 5.32 Å². The van der Waals surface area contributed by atoms with E-state index in [-0.39, 0.29) is 28.9 Å². The number of carbonyl (C=O) groups is 1. The minimum Gasteiger partial charge on any atom is -0.398 e. The number of nitro groups is 1. The fourth-order valence-electron chi connectivity index (χ4n) is 2.98. The molecule has 6 nitrogen and oxygen atoms in total. The second-order valence-corrected chi connectivity index (χ2v) is 6.00. The molecule has 1 aliphatic carbocycles. The molecule has 1 fully saturated rings. The maximum Gasteiger partial charge on any atom is 0.270 e. The molecule has 1 aromatic rings. The van der Waals surface area contributed by atoms with Crippen LogP contribution in [0.4, 0.5) is 11.4 Å². The molecule has 0 spiro atoms. The summed E-state index contributed by atoms with van der Waals surface area (Å²) in [5, 5.41) is 13.8. The van der Waals surface area contributed by atoms with E-state index >= 15 is 0 Å². The van der Waals surface area contributed by atoms with Gasteiger partial charge in [-0.1, -0.05) is 13.8 Å². The van der Waals surface area contributed by atoms with Crippen molar-refractivity contribution in [2.45, 2.75) is 39.2 Å². The molecule has 3 N–H and O–H groups in total. The normalized spacial score (nSPS) is 25.3. The fraction of sp³-hybridized carbons (Fsp3) is 0.533. The summed E-state index contributed by atoms with van der Waals surface area (Å²) in [7, 11) is 0. The SMILES string of the molecule is CC1CCC(NC(=O)c2cc([N+](=O)[O-])ccc2N)C(C)C1. The maximum atomic E-state index is 12.3. The molecule has 0 heterocycles. The first-order valence-electron chi connectivity index (χ1n) is 7.23. The summed E-state index contributed by atoms with van der Waals surface area (Å²) in [6.45, 7) is 4.34. The van der Waals surface area contributed by atoms with E-state index < -0.39 is 4.92 Å². The van der Waals surface area contributed by atoms with Gasteiger partial charge in [0, 0.05) is 23.9 Å². The zero-order chi connectivity index (χ0) is 15.6. The minimum atomic E-state index is -0.527. The van der Waals surface area contributed by atoms with Gasteiger partial charge < -0.3 is 11.1 Å². The van der Waals surface area contributed by atoms with Crippen molar-refractivity contribution < 1.29 is 9.72 Å². The molecule has 1 saturated carbocycles. The number of carbonyl (C=O) groups excluding carboxylic acids is 1. The number of hydrogen-bond donors (Lipinski definition) is 2. The lowest BCUT2D eigenvalue weighted by atomic mass is 9.80. The van der Waals surface area contributed by atoms with Gasteiger partial charge in [0.2, 0.25) is 0 Å². The zero-order valence-electron chi connectivity index (χ0n) is 12.3. The fourth-order valence-corrected chi connectivity index (χ4v) is 2.98. The van der Waals surface area contributed by atoms with Crippen molar-refractivity contribution >= 4 is 17.3 Å². The van der Waals surface area contributed by atoms with Crippen molar-refractivity contribution in [2.75, 3.05) is 5.73 Å². The van der Waals surface area contributed by atoms with Crippen LogP contribution in [-0.4, -0.2) is 16.9 Å². The Morgan fingerprint density at radius 1 is 1.38 bits per heavy atom. The molecule has 0 bridgehead atoms. The summed E-state index contributed by atoms with van der Waals surface area (Å²) in [6, 6.07) is 4.05. The molecule has 3 atom stereocenters. The molecule has 0 radical (unpaired) electrons. The summed E-state index contributed by atoms with van der Waals surface area (Å²) in [5.41, 5.74) is 6.08. The van der Waals surface area contributed by atoms with Crippen LogP contribution in [0.25, 0.3) is 0 Å². The smallest absolute Gasteiger partial charge is 0.270 e. The lowest BCUT2D eigenvalue weighted by Crippen LogP contribution is -2.42. The molecule has 0 saturated heterocycles. The zero-order valence-corrected chi connectivity index (χ0v) is 12.3. The van der Waals surface area contributed by atoms with E-state index in [0.717, 1.165) is 19.3 Å². The van der Waals surface area contributed by atoms with Gasteiger partial charge in [-0.25, -0.2) is 0 Å². The van der Waals surface area contributed by atoms with E-state index in [4.69, 9.17) is 5.73 Å². The molecule has 1 amide bonds. The van der Waals surface area contributed by atoms with E-state index in [1.54, 1.807) is 0 Å². The van der Waals surface area contributed by atoms with E-state index in [0.29, 0.717) is 11.8 Å². The Balaban J connectivity index is 2.13. The highest BCUT2D eigenvalue weighted by Crippen LogP contribution is 2.29. The van der Waals surface area contributed by atoms with Gasteiger partial charge in [0.15, 0.2) is 0 Å². The summed E-state index contributed by atoms with van der Waals surface area (Å²) >= 11 is 0. The predicted molar refractivity (Wildman–Crippen MR) is 80.9 cm³/mol. The number of non-ortho nitro benzene ring substituents is 1. The summed E-state index contributed by atoms with van der Waals surface area (Å²) < 4.78 is 0. The number of nitro benzene ring substituents is 1. The number of hydrogen-bond acceptors (Lipinski definition) is 4. The Labute approximate surface area is 123 Å². The molecule has 6 heteroatoms. The number of nitrogen functional groups attached to an aromatic ring is 1. The first-order chi connectivity index (χ1) is 9.88. The maximum absolute atomic E-state index is 12.3. The molecular formula is C15H21N3O3. The Hall–Kier alpha value is -2.11. The van der Waals surface area contributed by atoms with Crippen LogP contribution < -0.4 is 11.1 Å². The van der Waals surface area contributed by atoms with Crippen LogP contribution in [-0.2, 0) is 0 Å². The van der Waals surface area contributed by atoms with Gasteiger partial charge >= 0.3 is 0 Å². The van der Waals surface area contributed by atoms with Gasteiger partial charge in [0.1, 0.15) is 0 Å². The van der Waals surface area contributed by atoms with Crippen LogP contribution in [0.3, 0.4) is 0 Å². The van der Waals surface area contributed by atoms with Gasteiger partial charge in [-0.05, 0) is 37.2 Å². The molecule has 21 heavy (non-hydrogen) atoms. The number of nitrogens with one attached hydrogen (secondary N) is 1. The Bertz CT molecular complexity index is 559. The highest BCUT2D eigenvalue weighted by atomic mass is 16.6. The number of nitrogens with zero attached hydrogens (tertiary/aromatic N) is 1. The Kier molecular flexibility index (Phi) is 4.45. The number of anilines is 1. The lowest BCUT2D eigenvalue weighted by molar-refractivity contribution is -0.384. The molecule has 1 aliphatic rings. The highest BCUT2D eigenvalue weighted by molar-refractivity contribution is 6.00. The first-order valence-corrected chi connectivity index (χ1v) is 7.23. The van der Waals surface area contributed by atoms with Gasteiger partial charge in [0.05, 0.1) is 10.5 Å². The van der Waals surface area contributed by atoms with E-state index in [2.05, 4.69) is 19.2 Å². The highest BCUT2D eigenvalue weighted by Gasteiger charge is 2.27. The van der Waals surface area contributed by atoms with E-state index in [1.165, 1.54) is 18.2 Å². The van der Waals surface area contributed by atoms with E-state index in [9.17, 15) is 14.9 Å². The lowest BCUT2D eigenvalue weighted by Gasteiger charge is -2.33. The second-order valence-electron chi connectivity index (χ2n) is 6.00. The third-order valence-corrected chi connectivity index (χ3v) is 4.24. The van der Waals surface area contributed by atoms with Crippen LogP contribution in [0.15, 0.2) is 18.2 Å². The topological polar surface area (TPSA) is 98.3 Å². The third-order valence-electron chi connectivity index (χ3n) is 4.24. The van der Waals surface area contributed by atoms with Gasteiger partial charge in [-0.2, -0.15) is 0 Å². The van der Waals surface area contributed by atoms with Crippen molar-refractivity contribution in [3.05, 3.63) is 33.9 Å². The molecule has 114 valence electrons. The van der Waals surface area contributed by atoms with Crippen LogP contribution in [0.2, 0.25) is 0 Å². The van der Waals surface area contributed by atoms with Crippen LogP contribution in [0.1, 0.15) is 43.5 Å². The standard InChI is InChI=1S/C15H21N3O3/c1-9-3-6-14(10(2)7-9)17-15(19)12-8-11(18(20)21)4-5-13(12)16/h4-5,8-10,14H,3,6-7,16H2,1-2H3,(H,17,19). The average Bonchev–Trinajstić information content (AvgIpc) is 2.42. The van der Waals surface area contributed by atoms with Crippen LogP contribution >= 0.6 is 0 Å². The number of amides is 1. The minimum absolute atomic E-state index is 0.104. The van der Waals surface area contributed by atoms with Crippen molar-refractivity contribution in [3.63, 3.8) is 0 Å². The van der Waals surface area contributed by atoms with Gasteiger partial charge in [-0.15, -0.1) is 0 Å². The van der Waals surface area contributed by atoms with Gasteiger partial charge in [0.25, 0.3) is 11.6 Å². The second kappa shape index (κ2) is 6.11. The quantitative estimate of drug-likeness (QED) is 0.508. The molecule has 0 aromatic heterocycles. The predicted octanol–water partition coefficient (Wildman–Crippen LogP) is 2.73. The van der Waals surface area contributed by atoms with Crippen molar-refractivity contribution in [1.29, 1.82) is 0 Å². The molecule has 1 aromatic carbocycles. The van der Waals surface area contributed by atoms with Crippen LogP contribution in [0, 0.1) is 22.0 Å². The number of nitrogens with two attached hydrogens (primary N) is 1. The van der Waals surface area contributed by atoms with Crippen molar-refractivity contribution in [2.24, 2.45) is 11.8 Å². The Morgan fingerprint density at radius 2 is 2.10 bits per heavy atom. The summed E-state index contributed by atoms with van der Waals surface area (Å²) in [4.78, 5) is 22.6. The van der Waals surface area contributed by atoms with Crippen molar-refractivity contribution in [3.8, 4) is 0 Å². The molecule has 0 aliphatic heterocycles. The largest absolute Gasteiger partial charge is 0.398 e. The molecular weight excluding hydrogens is 270 g/mol. The van der Waals surface area contributed by atoms with Gasteiger partial charge in [-0.3, -0.25) is 14.9 Å². The number of rotatable bonds is 3. The molecule has 2 rings (SSSR count). The third kappa shape index (κ3) is 3.51. The molecule has 3 unspecified atom stereocenters. The summed E-state index contributed by atoms with van der Waals surface area (Å²) in [6.07, 6.45) is 3.10. The Morgan fingerprint density at radius 3 is 2.71 bits per heavy atom. The average molecular weight is 291 g/mol. The summed E-state index contributed by atoms with van der Waals surface area (Å²) in [5.74, 6) is 0.747. The number of benzene rings is 1. The first kappa shape index (κ1) is 15.3. The van der Waals surface area contributed by atoms with E-state index in [1.807, 2.05) is 0 Å².